The Morgan fingerprint density at radius 3 is 2.57 bits per heavy atom. The van der Waals surface area contributed by atoms with Gasteiger partial charge in [0.05, 0.1) is 13.2 Å². The Morgan fingerprint density at radius 2 is 1.77 bits per heavy atom. The quantitative estimate of drug-likeness (QED) is 0.630. The van der Waals surface area contributed by atoms with Crippen LogP contribution in [0, 0.1) is 11.8 Å². The summed E-state index contributed by atoms with van der Waals surface area (Å²) < 4.78 is 12.5. The van der Waals surface area contributed by atoms with E-state index >= 15 is 0 Å². The molecule has 160 valence electrons. The van der Waals surface area contributed by atoms with Gasteiger partial charge in [-0.2, -0.15) is 0 Å². The average molecular weight is 406 g/mol. The maximum atomic E-state index is 6.87. The van der Waals surface area contributed by atoms with E-state index in [9.17, 15) is 0 Å². The van der Waals surface area contributed by atoms with Crippen molar-refractivity contribution >= 4 is 0 Å². The number of hydrogen-bond acceptors (Lipinski definition) is 3. The van der Waals surface area contributed by atoms with Gasteiger partial charge in [-0.25, -0.2) is 0 Å². The van der Waals surface area contributed by atoms with Crippen molar-refractivity contribution in [3.05, 3.63) is 65.2 Å². The zero-order chi connectivity index (χ0) is 20.9. The predicted octanol–water partition coefficient (Wildman–Crippen LogP) is 5.95. The molecule has 3 aliphatic rings. The topological polar surface area (TPSA) is 21.7 Å². The van der Waals surface area contributed by atoms with Gasteiger partial charge in [-0.1, -0.05) is 55.8 Å². The van der Waals surface area contributed by atoms with Crippen LogP contribution in [0.2, 0.25) is 0 Å². The van der Waals surface area contributed by atoms with Crippen molar-refractivity contribution in [2.45, 2.75) is 70.2 Å². The molecule has 0 spiro atoms. The number of methoxy groups -OCH3 is 1. The van der Waals surface area contributed by atoms with Crippen LogP contribution in [-0.4, -0.2) is 30.2 Å². The molecule has 0 N–H and O–H groups in total. The standard InChI is InChI=1S/C27H35NO2/c1-18-13-14-23-25(15-18)30-26-22-11-7-6-10-21(22)20(17-28(26)27(23,2)3)16-19-9-5-8-12-24(19)29-4/h5-12,18,20,23,25-26H,13-17H2,1-4H3/t18-,20+,23?,25?,26+/m1/s1. The van der Waals surface area contributed by atoms with Crippen LogP contribution in [0.5, 0.6) is 5.75 Å². The molecular formula is C27H35NO2. The van der Waals surface area contributed by atoms with Crippen LogP contribution in [0.15, 0.2) is 48.5 Å². The molecule has 0 bridgehead atoms. The summed E-state index contributed by atoms with van der Waals surface area (Å²) in [5.74, 6) is 2.82. The van der Waals surface area contributed by atoms with E-state index in [1.807, 2.05) is 0 Å². The van der Waals surface area contributed by atoms with Gasteiger partial charge in [-0.05, 0) is 61.8 Å². The van der Waals surface area contributed by atoms with E-state index in [1.165, 1.54) is 36.0 Å². The van der Waals surface area contributed by atoms with E-state index in [4.69, 9.17) is 9.47 Å². The van der Waals surface area contributed by atoms with Gasteiger partial charge in [-0.3, -0.25) is 4.90 Å². The summed E-state index contributed by atoms with van der Waals surface area (Å²) in [5.41, 5.74) is 4.25. The van der Waals surface area contributed by atoms with E-state index in [2.05, 4.69) is 74.2 Å². The van der Waals surface area contributed by atoms with Crippen LogP contribution < -0.4 is 4.74 Å². The van der Waals surface area contributed by atoms with Crippen molar-refractivity contribution in [3.8, 4) is 5.75 Å². The second-order valence-corrected chi connectivity index (χ2v) is 10.2. The molecule has 2 fully saturated rings. The molecule has 5 atom stereocenters. The third-order valence-electron chi connectivity index (χ3n) is 8.07. The van der Waals surface area contributed by atoms with Gasteiger partial charge in [-0.15, -0.1) is 0 Å². The molecule has 1 saturated carbocycles. The van der Waals surface area contributed by atoms with Gasteiger partial charge < -0.3 is 9.47 Å². The van der Waals surface area contributed by atoms with Crippen LogP contribution in [0.4, 0.5) is 0 Å². The van der Waals surface area contributed by atoms with Crippen molar-refractivity contribution in [1.29, 1.82) is 0 Å². The summed E-state index contributed by atoms with van der Waals surface area (Å²) in [7, 11) is 1.77. The van der Waals surface area contributed by atoms with Gasteiger partial charge in [0.1, 0.15) is 12.0 Å². The first-order valence-corrected chi connectivity index (χ1v) is 11.6. The van der Waals surface area contributed by atoms with Crippen LogP contribution in [-0.2, 0) is 11.2 Å². The number of ether oxygens (including phenoxy) is 2. The zero-order valence-corrected chi connectivity index (χ0v) is 18.8. The molecule has 2 aromatic carbocycles. The Morgan fingerprint density at radius 1 is 1.03 bits per heavy atom. The fourth-order valence-electron chi connectivity index (χ4n) is 6.37. The average Bonchev–Trinajstić information content (AvgIpc) is 2.75. The Balaban J connectivity index is 1.52. The number of rotatable bonds is 3. The zero-order valence-electron chi connectivity index (χ0n) is 18.8. The molecule has 5 rings (SSSR count). The second-order valence-electron chi connectivity index (χ2n) is 10.2. The Labute approximate surface area is 181 Å². The highest BCUT2D eigenvalue weighted by Crippen LogP contribution is 2.52. The Bertz CT molecular complexity index is 907. The molecule has 0 aromatic heterocycles. The third kappa shape index (κ3) is 3.27. The van der Waals surface area contributed by atoms with Gasteiger partial charge in [0, 0.05) is 23.9 Å². The first-order chi connectivity index (χ1) is 14.5. The highest BCUT2D eigenvalue weighted by molar-refractivity contribution is 5.40. The Kier molecular flexibility index (Phi) is 5.15. The molecule has 3 heteroatoms. The number of hydrogen-bond donors (Lipinski definition) is 0. The Hall–Kier alpha value is -1.84. The SMILES string of the molecule is COc1ccccc1C[C@H]1CN2[C@@H](OC3C[C@H](C)CCC3C2(C)C)c2ccccc21. The minimum Gasteiger partial charge on any atom is -0.496 e. The number of benzene rings is 2. The number of fused-ring (bicyclic) bond motifs is 4. The van der Waals surface area contributed by atoms with E-state index < -0.39 is 0 Å². The molecule has 2 aromatic rings. The summed E-state index contributed by atoms with van der Waals surface area (Å²) >= 11 is 0. The van der Waals surface area contributed by atoms with E-state index in [1.54, 1.807) is 7.11 Å². The summed E-state index contributed by atoms with van der Waals surface area (Å²) in [6.45, 7) is 8.34. The van der Waals surface area contributed by atoms with Gasteiger partial charge >= 0.3 is 0 Å². The molecule has 1 saturated heterocycles. The van der Waals surface area contributed by atoms with Gasteiger partial charge in [0.15, 0.2) is 0 Å². The normalized spacial score (nSPS) is 32.6. The third-order valence-corrected chi connectivity index (χ3v) is 8.07. The number of para-hydroxylation sites is 1. The van der Waals surface area contributed by atoms with Crippen molar-refractivity contribution < 1.29 is 9.47 Å². The van der Waals surface area contributed by atoms with E-state index in [0.29, 0.717) is 17.9 Å². The van der Waals surface area contributed by atoms with Crippen LogP contribution in [0.3, 0.4) is 0 Å². The van der Waals surface area contributed by atoms with E-state index in [-0.39, 0.29) is 11.8 Å². The maximum Gasteiger partial charge on any atom is 0.137 e. The van der Waals surface area contributed by atoms with Crippen molar-refractivity contribution in [2.24, 2.45) is 11.8 Å². The molecule has 2 unspecified atom stereocenters. The summed E-state index contributed by atoms with van der Waals surface area (Å²) in [6.07, 6.45) is 5.26. The predicted molar refractivity (Wildman–Crippen MR) is 121 cm³/mol. The fraction of sp³-hybridized carbons (Fsp3) is 0.556. The lowest BCUT2D eigenvalue weighted by Gasteiger charge is -2.60. The maximum absolute atomic E-state index is 6.87. The molecule has 0 amide bonds. The number of nitrogens with zero attached hydrogens (tertiary/aromatic N) is 1. The lowest BCUT2D eigenvalue weighted by atomic mass is 9.68. The van der Waals surface area contributed by atoms with Crippen LogP contribution in [0.25, 0.3) is 0 Å². The molecule has 2 heterocycles. The largest absolute Gasteiger partial charge is 0.496 e. The monoisotopic (exact) mass is 405 g/mol. The molecule has 1 aliphatic carbocycles. The molecule has 0 radical (unpaired) electrons. The molecule has 2 aliphatic heterocycles. The highest BCUT2D eigenvalue weighted by atomic mass is 16.5. The minimum absolute atomic E-state index is 0.0802. The first kappa shape index (κ1) is 20.1. The minimum atomic E-state index is 0.0802. The van der Waals surface area contributed by atoms with Gasteiger partial charge in [0.25, 0.3) is 0 Å². The summed E-state index contributed by atoms with van der Waals surface area (Å²) in [4.78, 5) is 2.67. The van der Waals surface area contributed by atoms with Crippen molar-refractivity contribution in [2.75, 3.05) is 13.7 Å². The lowest BCUT2D eigenvalue weighted by molar-refractivity contribution is -0.242. The van der Waals surface area contributed by atoms with Crippen molar-refractivity contribution in [1.82, 2.24) is 4.90 Å². The van der Waals surface area contributed by atoms with Gasteiger partial charge in [0.2, 0.25) is 0 Å². The van der Waals surface area contributed by atoms with E-state index in [0.717, 1.165) is 24.6 Å². The molecule has 3 nitrogen and oxygen atoms in total. The summed E-state index contributed by atoms with van der Waals surface area (Å²) in [6, 6.07) is 17.4. The highest BCUT2D eigenvalue weighted by Gasteiger charge is 2.53. The molecular weight excluding hydrogens is 370 g/mol. The lowest BCUT2D eigenvalue weighted by Crippen LogP contribution is -2.63. The second kappa shape index (κ2) is 7.69. The van der Waals surface area contributed by atoms with Crippen molar-refractivity contribution in [3.63, 3.8) is 0 Å². The van der Waals surface area contributed by atoms with Crippen LogP contribution >= 0.6 is 0 Å². The summed E-state index contributed by atoms with van der Waals surface area (Å²) in [5, 5.41) is 0. The fourth-order valence-corrected chi connectivity index (χ4v) is 6.37. The van der Waals surface area contributed by atoms with Crippen LogP contribution in [0.1, 0.15) is 68.9 Å². The molecule has 30 heavy (non-hydrogen) atoms. The smallest absolute Gasteiger partial charge is 0.137 e. The first-order valence-electron chi connectivity index (χ1n) is 11.6.